The van der Waals surface area contributed by atoms with E-state index in [4.69, 9.17) is 5.73 Å². The molecule has 2 unspecified atom stereocenters. The van der Waals surface area contributed by atoms with Crippen LogP contribution in [-0.2, 0) is 11.7 Å². The summed E-state index contributed by atoms with van der Waals surface area (Å²) in [6.07, 6.45) is -1.35. The molecule has 2 atom stereocenters. The summed E-state index contributed by atoms with van der Waals surface area (Å²) in [5.41, 5.74) is 5.19. The Morgan fingerprint density at radius 1 is 1.22 bits per heavy atom. The number of hydrogen-bond acceptors (Lipinski definition) is 1. The van der Waals surface area contributed by atoms with Gasteiger partial charge >= 0.3 is 6.18 Å². The van der Waals surface area contributed by atoms with Crippen LogP contribution in [0.1, 0.15) is 30.4 Å². The Hall–Kier alpha value is -0.550. The molecular weight excluding hydrogens is 307 g/mol. The monoisotopic (exact) mass is 319 g/mol. The van der Waals surface area contributed by atoms with Crippen LogP contribution in [0.3, 0.4) is 0 Å². The van der Waals surface area contributed by atoms with E-state index in [2.05, 4.69) is 15.9 Å². The van der Waals surface area contributed by atoms with Gasteiger partial charge in [-0.15, -0.1) is 0 Å². The van der Waals surface area contributed by atoms with Crippen LogP contribution in [0.25, 0.3) is 0 Å². The van der Waals surface area contributed by atoms with Gasteiger partial charge < -0.3 is 5.73 Å². The summed E-state index contributed by atoms with van der Waals surface area (Å²) in [6, 6.07) is 4.32. The smallest absolute Gasteiger partial charge is 0.321 e. The van der Waals surface area contributed by atoms with Crippen LogP contribution in [0.4, 0.5) is 13.2 Å². The molecule has 3 rings (SSSR count). The van der Waals surface area contributed by atoms with E-state index < -0.39 is 17.3 Å². The van der Waals surface area contributed by atoms with E-state index in [1.54, 1.807) is 6.07 Å². The highest BCUT2D eigenvalue weighted by molar-refractivity contribution is 9.10. The Morgan fingerprint density at radius 3 is 2.39 bits per heavy atom. The summed E-state index contributed by atoms with van der Waals surface area (Å²) in [5, 5.41) is 0. The molecule has 98 valence electrons. The maximum absolute atomic E-state index is 13.1. The Morgan fingerprint density at radius 2 is 1.83 bits per heavy atom. The van der Waals surface area contributed by atoms with E-state index in [9.17, 15) is 13.2 Å². The standard InChI is InChI=1S/C13H13BrF3N/c14-7-4-5-10(11(6-7)13(15,16)17)12(18)8-2-1-3-9(8)12/h4-6,8-9H,1-3,18H2. The molecule has 0 saturated heterocycles. The Labute approximate surface area is 112 Å². The summed E-state index contributed by atoms with van der Waals surface area (Å²) < 4.78 is 39.7. The van der Waals surface area contributed by atoms with Gasteiger partial charge in [-0.1, -0.05) is 28.4 Å². The molecule has 1 aromatic rings. The maximum atomic E-state index is 13.1. The molecular formula is C13H13BrF3N. The van der Waals surface area contributed by atoms with Crippen molar-refractivity contribution in [3.05, 3.63) is 33.8 Å². The van der Waals surface area contributed by atoms with E-state index in [1.165, 1.54) is 6.07 Å². The summed E-state index contributed by atoms with van der Waals surface area (Å²) in [4.78, 5) is 0. The van der Waals surface area contributed by atoms with Crippen LogP contribution < -0.4 is 5.73 Å². The minimum Gasteiger partial charge on any atom is -0.321 e. The Balaban J connectivity index is 2.08. The summed E-state index contributed by atoms with van der Waals surface area (Å²) >= 11 is 3.10. The van der Waals surface area contributed by atoms with Gasteiger partial charge in [-0.25, -0.2) is 0 Å². The topological polar surface area (TPSA) is 26.0 Å². The zero-order valence-electron chi connectivity index (χ0n) is 9.60. The second-order valence-electron chi connectivity index (χ2n) is 5.26. The average Bonchev–Trinajstić information content (AvgIpc) is 2.68. The minimum atomic E-state index is -4.34. The van der Waals surface area contributed by atoms with Crippen LogP contribution in [0, 0.1) is 11.8 Å². The predicted molar refractivity (Wildman–Crippen MR) is 65.8 cm³/mol. The van der Waals surface area contributed by atoms with Crippen LogP contribution in [0.5, 0.6) is 0 Å². The van der Waals surface area contributed by atoms with Crippen molar-refractivity contribution in [2.45, 2.75) is 31.0 Å². The van der Waals surface area contributed by atoms with Crippen molar-refractivity contribution in [1.82, 2.24) is 0 Å². The highest BCUT2D eigenvalue weighted by Gasteiger charge is 2.65. The molecule has 18 heavy (non-hydrogen) atoms. The van der Waals surface area contributed by atoms with Gasteiger partial charge in [0.25, 0.3) is 0 Å². The highest BCUT2D eigenvalue weighted by atomic mass is 79.9. The van der Waals surface area contributed by atoms with Crippen LogP contribution >= 0.6 is 15.9 Å². The van der Waals surface area contributed by atoms with Gasteiger partial charge in [0.2, 0.25) is 0 Å². The van der Waals surface area contributed by atoms with Crippen molar-refractivity contribution in [1.29, 1.82) is 0 Å². The normalized spacial score (nSPS) is 34.5. The SMILES string of the molecule is NC1(c2ccc(Br)cc2C(F)(F)F)C2CCCC21. The number of alkyl halides is 3. The molecule has 1 nitrogen and oxygen atoms in total. The van der Waals surface area contributed by atoms with E-state index >= 15 is 0 Å². The van der Waals surface area contributed by atoms with Crippen LogP contribution in [-0.4, -0.2) is 0 Å². The number of hydrogen-bond donors (Lipinski definition) is 1. The van der Waals surface area contributed by atoms with Gasteiger partial charge in [-0.2, -0.15) is 13.2 Å². The summed E-state index contributed by atoms with van der Waals surface area (Å²) in [6.45, 7) is 0. The lowest BCUT2D eigenvalue weighted by atomic mass is 9.92. The quantitative estimate of drug-likeness (QED) is 0.830. The van der Waals surface area contributed by atoms with E-state index in [-0.39, 0.29) is 17.4 Å². The molecule has 2 aliphatic rings. The fraction of sp³-hybridized carbons (Fsp3) is 0.538. The average molecular weight is 320 g/mol. The lowest BCUT2D eigenvalue weighted by molar-refractivity contribution is -0.138. The molecule has 0 radical (unpaired) electrons. The highest BCUT2D eigenvalue weighted by Crippen LogP contribution is 2.65. The van der Waals surface area contributed by atoms with Gasteiger partial charge in [-0.05, 0) is 42.4 Å². The number of benzene rings is 1. The van der Waals surface area contributed by atoms with E-state index in [1.807, 2.05) is 0 Å². The van der Waals surface area contributed by atoms with Gasteiger partial charge in [0.15, 0.2) is 0 Å². The minimum absolute atomic E-state index is 0.236. The molecule has 0 aromatic heterocycles. The van der Waals surface area contributed by atoms with Gasteiger partial charge in [0, 0.05) is 10.0 Å². The Kier molecular flexibility index (Phi) is 2.59. The number of rotatable bonds is 1. The molecule has 0 heterocycles. The van der Waals surface area contributed by atoms with Crippen molar-refractivity contribution < 1.29 is 13.2 Å². The van der Waals surface area contributed by atoms with Crippen molar-refractivity contribution in [3.63, 3.8) is 0 Å². The van der Waals surface area contributed by atoms with Gasteiger partial charge in [0.05, 0.1) is 5.56 Å². The first kappa shape index (κ1) is 12.5. The lowest BCUT2D eigenvalue weighted by Gasteiger charge is -2.21. The van der Waals surface area contributed by atoms with Gasteiger partial charge in [0.1, 0.15) is 0 Å². The maximum Gasteiger partial charge on any atom is 0.416 e. The zero-order valence-corrected chi connectivity index (χ0v) is 11.2. The Bertz CT molecular complexity index is 487. The molecule has 0 bridgehead atoms. The predicted octanol–water partition coefficient (Wildman–Crippen LogP) is 4.05. The first-order valence-corrected chi connectivity index (χ1v) is 6.80. The largest absolute Gasteiger partial charge is 0.416 e. The first-order valence-electron chi connectivity index (χ1n) is 6.01. The van der Waals surface area contributed by atoms with Crippen molar-refractivity contribution in [3.8, 4) is 0 Å². The van der Waals surface area contributed by atoms with Crippen molar-refractivity contribution >= 4 is 15.9 Å². The fourth-order valence-corrected chi connectivity index (χ4v) is 3.89. The third-order valence-corrected chi connectivity index (χ3v) is 4.88. The van der Waals surface area contributed by atoms with Crippen molar-refractivity contribution in [2.75, 3.05) is 0 Å². The molecule has 2 aliphatic carbocycles. The molecule has 0 spiro atoms. The fourth-order valence-electron chi connectivity index (χ4n) is 3.53. The number of nitrogens with two attached hydrogens (primary N) is 1. The third kappa shape index (κ3) is 1.63. The molecule has 1 aromatic carbocycles. The second kappa shape index (κ2) is 3.73. The summed E-state index contributed by atoms with van der Waals surface area (Å²) in [5.74, 6) is 0.472. The van der Waals surface area contributed by atoms with Gasteiger partial charge in [-0.3, -0.25) is 0 Å². The third-order valence-electron chi connectivity index (χ3n) is 4.39. The molecule has 5 heteroatoms. The van der Waals surface area contributed by atoms with E-state index in [0.29, 0.717) is 4.47 Å². The summed E-state index contributed by atoms with van der Waals surface area (Å²) in [7, 11) is 0. The van der Waals surface area contributed by atoms with Crippen LogP contribution in [0.15, 0.2) is 22.7 Å². The van der Waals surface area contributed by atoms with Crippen LogP contribution in [0.2, 0.25) is 0 Å². The molecule has 2 N–H and O–H groups in total. The lowest BCUT2D eigenvalue weighted by Crippen LogP contribution is -2.29. The van der Waals surface area contributed by atoms with E-state index in [0.717, 1.165) is 25.3 Å². The molecule has 0 amide bonds. The first-order chi connectivity index (χ1) is 8.35. The number of halogens is 4. The zero-order chi connectivity index (χ0) is 13.1. The van der Waals surface area contributed by atoms with Crippen molar-refractivity contribution in [2.24, 2.45) is 17.6 Å². The second-order valence-corrected chi connectivity index (χ2v) is 6.18. The molecule has 2 fully saturated rings. The molecule has 0 aliphatic heterocycles. The number of fused-ring (bicyclic) bond motifs is 1. The molecule has 2 saturated carbocycles.